The van der Waals surface area contributed by atoms with Crippen LogP contribution in [0.25, 0.3) is 0 Å². The topological polar surface area (TPSA) is 75.4 Å². The predicted octanol–water partition coefficient (Wildman–Crippen LogP) is 4.72. The number of hydrogen-bond acceptors (Lipinski definition) is 3. The summed E-state index contributed by atoms with van der Waals surface area (Å²) >= 11 is 0. The van der Waals surface area contributed by atoms with E-state index in [1.165, 1.54) is 43.2 Å². The van der Waals surface area contributed by atoms with Crippen LogP contribution >= 0.6 is 0 Å². The zero-order valence-electron chi connectivity index (χ0n) is 19.8. The molecular formula is C27H43N3O2. The molecule has 1 aromatic rings. The molecule has 0 saturated heterocycles. The molecule has 1 heterocycles. The van der Waals surface area contributed by atoms with Crippen LogP contribution in [0.15, 0.2) is 24.3 Å². The van der Waals surface area contributed by atoms with Crippen molar-refractivity contribution in [3.8, 4) is 0 Å². The molecule has 178 valence electrons. The second-order valence-corrected chi connectivity index (χ2v) is 9.75. The van der Waals surface area contributed by atoms with Gasteiger partial charge >= 0.3 is 0 Å². The van der Waals surface area contributed by atoms with E-state index in [2.05, 4.69) is 17.4 Å². The number of carbonyl (C=O) groups excluding carboxylic acids is 2. The average Bonchev–Trinajstić information content (AvgIpc) is 2.83. The minimum absolute atomic E-state index is 0.00194. The van der Waals surface area contributed by atoms with Gasteiger partial charge in [-0.3, -0.25) is 9.59 Å². The monoisotopic (exact) mass is 441 g/mol. The Morgan fingerprint density at radius 1 is 0.938 bits per heavy atom. The molecule has 0 spiro atoms. The van der Waals surface area contributed by atoms with Crippen LogP contribution in [-0.2, 0) is 22.6 Å². The Labute approximate surface area is 194 Å². The van der Waals surface area contributed by atoms with Gasteiger partial charge in [0.05, 0.1) is 0 Å². The Morgan fingerprint density at radius 3 is 2.44 bits per heavy atom. The second kappa shape index (κ2) is 13.6. The van der Waals surface area contributed by atoms with Crippen LogP contribution in [-0.4, -0.2) is 35.8 Å². The average molecular weight is 442 g/mol. The van der Waals surface area contributed by atoms with Crippen LogP contribution < -0.4 is 11.1 Å². The molecule has 1 fully saturated rings. The first kappa shape index (κ1) is 24.8. The highest BCUT2D eigenvalue weighted by Crippen LogP contribution is 2.29. The molecule has 2 aliphatic rings. The summed E-state index contributed by atoms with van der Waals surface area (Å²) < 4.78 is 0. The summed E-state index contributed by atoms with van der Waals surface area (Å²) in [6.07, 6.45) is 15.5. The van der Waals surface area contributed by atoms with Crippen LogP contribution in [0.2, 0.25) is 0 Å². The third kappa shape index (κ3) is 7.61. The molecule has 1 aliphatic heterocycles. The molecule has 0 bridgehead atoms. The number of nitrogens with two attached hydrogens (primary N) is 1. The van der Waals surface area contributed by atoms with Crippen LogP contribution in [0.1, 0.15) is 94.6 Å². The lowest BCUT2D eigenvalue weighted by Gasteiger charge is -2.36. The first-order valence-electron chi connectivity index (χ1n) is 13.0. The summed E-state index contributed by atoms with van der Waals surface area (Å²) in [6.45, 7) is 1.99. The van der Waals surface area contributed by atoms with Crippen LogP contribution in [0.3, 0.4) is 0 Å². The molecule has 3 rings (SSSR count). The van der Waals surface area contributed by atoms with Gasteiger partial charge in [0.15, 0.2) is 0 Å². The van der Waals surface area contributed by atoms with Crippen molar-refractivity contribution >= 4 is 11.8 Å². The third-order valence-corrected chi connectivity index (χ3v) is 7.28. The summed E-state index contributed by atoms with van der Waals surface area (Å²) in [6, 6.07) is 7.85. The summed E-state index contributed by atoms with van der Waals surface area (Å²) in [5.74, 6) is 0.932. The standard InChI is InChI=1S/C27H43N3O2/c28-18-9-2-1-3-10-19-29-27(32)25-20-23-15-7-8-16-24(23)21-30(25)26(31)17-11-14-22-12-5-4-6-13-22/h7-8,15-16,22,25H,1-6,9-14,17-21,28H2,(H,29,32). The summed E-state index contributed by atoms with van der Waals surface area (Å²) in [5.41, 5.74) is 7.92. The van der Waals surface area contributed by atoms with Crippen LogP contribution in [0.5, 0.6) is 0 Å². The Morgan fingerprint density at radius 2 is 1.66 bits per heavy atom. The number of carbonyl (C=O) groups is 2. The van der Waals surface area contributed by atoms with Crippen molar-refractivity contribution in [3.05, 3.63) is 35.4 Å². The van der Waals surface area contributed by atoms with Gasteiger partial charge in [-0.25, -0.2) is 0 Å². The number of hydrogen-bond donors (Lipinski definition) is 2. The van der Waals surface area contributed by atoms with Crippen molar-refractivity contribution in [3.63, 3.8) is 0 Å². The molecule has 3 N–H and O–H groups in total. The van der Waals surface area contributed by atoms with E-state index < -0.39 is 0 Å². The van der Waals surface area contributed by atoms with E-state index in [-0.39, 0.29) is 17.9 Å². The van der Waals surface area contributed by atoms with Gasteiger partial charge in [0.1, 0.15) is 6.04 Å². The maximum absolute atomic E-state index is 13.2. The van der Waals surface area contributed by atoms with Gasteiger partial charge in [0.25, 0.3) is 0 Å². The number of unbranched alkanes of at least 4 members (excludes halogenated alkanes) is 4. The molecule has 5 nitrogen and oxygen atoms in total. The molecule has 1 unspecified atom stereocenters. The van der Waals surface area contributed by atoms with Crippen molar-refractivity contribution in [2.45, 2.75) is 102 Å². The molecule has 1 aliphatic carbocycles. The van der Waals surface area contributed by atoms with Crippen molar-refractivity contribution in [1.29, 1.82) is 0 Å². The van der Waals surface area contributed by atoms with Gasteiger partial charge in [-0.1, -0.05) is 75.6 Å². The number of rotatable bonds is 12. The third-order valence-electron chi connectivity index (χ3n) is 7.28. The van der Waals surface area contributed by atoms with Gasteiger partial charge in [-0.05, 0) is 49.3 Å². The summed E-state index contributed by atoms with van der Waals surface area (Å²) in [7, 11) is 0. The fourth-order valence-electron chi connectivity index (χ4n) is 5.31. The van der Waals surface area contributed by atoms with E-state index in [1.54, 1.807) is 0 Å². The van der Waals surface area contributed by atoms with Gasteiger partial charge < -0.3 is 16.0 Å². The van der Waals surface area contributed by atoms with Crippen molar-refractivity contribution in [2.24, 2.45) is 11.7 Å². The van der Waals surface area contributed by atoms with Gasteiger partial charge in [0.2, 0.25) is 11.8 Å². The Bertz CT molecular complexity index is 715. The normalized spacial score (nSPS) is 18.9. The number of benzene rings is 1. The first-order chi connectivity index (χ1) is 15.7. The predicted molar refractivity (Wildman–Crippen MR) is 130 cm³/mol. The smallest absolute Gasteiger partial charge is 0.243 e. The largest absolute Gasteiger partial charge is 0.354 e. The van der Waals surface area contributed by atoms with Gasteiger partial charge in [0, 0.05) is 25.9 Å². The molecule has 32 heavy (non-hydrogen) atoms. The number of nitrogens with one attached hydrogen (secondary N) is 1. The van der Waals surface area contributed by atoms with Crippen molar-refractivity contribution in [1.82, 2.24) is 10.2 Å². The Hall–Kier alpha value is -1.88. The molecule has 1 aromatic carbocycles. The maximum atomic E-state index is 13.2. The highest BCUT2D eigenvalue weighted by atomic mass is 16.2. The van der Waals surface area contributed by atoms with E-state index in [9.17, 15) is 9.59 Å². The number of nitrogens with zero attached hydrogens (tertiary/aromatic N) is 1. The molecule has 0 radical (unpaired) electrons. The number of amides is 2. The lowest BCUT2D eigenvalue weighted by Crippen LogP contribution is -2.52. The number of fused-ring (bicyclic) bond motifs is 1. The lowest BCUT2D eigenvalue weighted by molar-refractivity contribution is -0.142. The van der Waals surface area contributed by atoms with E-state index >= 15 is 0 Å². The van der Waals surface area contributed by atoms with E-state index in [1.807, 2.05) is 17.0 Å². The fraction of sp³-hybridized carbons (Fsp3) is 0.704. The molecule has 2 amide bonds. The highest BCUT2D eigenvalue weighted by molar-refractivity contribution is 5.88. The fourth-order valence-corrected chi connectivity index (χ4v) is 5.31. The van der Waals surface area contributed by atoms with Gasteiger partial charge in [-0.15, -0.1) is 0 Å². The summed E-state index contributed by atoms with van der Waals surface area (Å²) in [4.78, 5) is 28.1. The SMILES string of the molecule is NCCCCCCCNC(=O)C1Cc2ccccc2CN1C(=O)CCCC1CCCCC1. The minimum atomic E-state index is -0.385. The van der Waals surface area contributed by atoms with Gasteiger partial charge in [-0.2, -0.15) is 0 Å². The Kier molecular flexibility index (Phi) is 10.5. The minimum Gasteiger partial charge on any atom is -0.354 e. The quantitative estimate of drug-likeness (QED) is 0.461. The molecule has 1 atom stereocenters. The van der Waals surface area contributed by atoms with Crippen LogP contribution in [0.4, 0.5) is 0 Å². The Balaban J connectivity index is 1.51. The maximum Gasteiger partial charge on any atom is 0.243 e. The lowest BCUT2D eigenvalue weighted by atomic mass is 9.85. The van der Waals surface area contributed by atoms with Crippen molar-refractivity contribution in [2.75, 3.05) is 13.1 Å². The van der Waals surface area contributed by atoms with E-state index in [0.717, 1.165) is 57.4 Å². The zero-order chi connectivity index (χ0) is 22.6. The van der Waals surface area contributed by atoms with E-state index in [4.69, 9.17) is 5.73 Å². The van der Waals surface area contributed by atoms with E-state index in [0.29, 0.717) is 25.9 Å². The summed E-state index contributed by atoms with van der Waals surface area (Å²) in [5, 5.41) is 3.11. The highest BCUT2D eigenvalue weighted by Gasteiger charge is 2.34. The molecule has 0 aromatic heterocycles. The second-order valence-electron chi connectivity index (χ2n) is 9.75. The molecule has 5 heteroatoms. The molecular weight excluding hydrogens is 398 g/mol. The first-order valence-corrected chi connectivity index (χ1v) is 13.0. The van der Waals surface area contributed by atoms with Crippen LogP contribution in [0, 0.1) is 5.92 Å². The molecule has 1 saturated carbocycles. The van der Waals surface area contributed by atoms with Crippen molar-refractivity contribution < 1.29 is 9.59 Å². The zero-order valence-corrected chi connectivity index (χ0v) is 19.8.